The molecule has 0 spiro atoms. The third kappa shape index (κ3) is 22.5. The molecule has 3 atom stereocenters. The fourth-order valence-corrected chi connectivity index (χ4v) is 8.63. The summed E-state index contributed by atoms with van der Waals surface area (Å²) in [6.45, 7) is 1.82. The third-order valence-electron chi connectivity index (χ3n) is 13.7. The number of hydroxylamine groups is 10. The lowest BCUT2D eigenvalue weighted by atomic mass is 10.1. The molecule has 86 heavy (non-hydrogen) atoms. The molecule has 3 aliphatic rings. The first-order valence-corrected chi connectivity index (χ1v) is 28.1. The Balaban J connectivity index is 1.43. The zero-order chi connectivity index (χ0) is 64.0. The number of nitrogens with zero attached hydrogens (tertiary/aromatic N) is 3. The number of nitrogens with one attached hydrogen (secondary N) is 7. The van der Waals surface area contributed by atoms with E-state index in [0.717, 1.165) is 0 Å². The molecule has 0 aromatic carbocycles. The summed E-state index contributed by atoms with van der Waals surface area (Å²) in [7, 11) is 0. The summed E-state index contributed by atoms with van der Waals surface area (Å²) in [5.74, 6) is -16.4. The second-order valence-corrected chi connectivity index (χ2v) is 20.2. The Morgan fingerprint density at radius 1 is 0.453 bits per heavy atom. The van der Waals surface area contributed by atoms with Crippen LogP contribution in [0.1, 0.15) is 155 Å². The van der Waals surface area contributed by atoms with Crippen LogP contribution in [0.15, 0.2) is 0 Å². The van der Waals surface area contributed by atoms with Crippen LogP contribution in [-0.4, -0.2) is 185 Å². The van der Waals surface area contributed by atoms with Crippen LogP contribution in [0.25, 0.3) is 0 Å². The Morgan fingerprint density at radius 2 is 0.849 bits per heavy atom. The van der Waals surface area contributed by atoms with Gasteiger partial charge in [0.15, 0.2) is 0 Å². The summed E-state index contributed by atoms with van der Waals surface area (Å²) in [6.07, 6.45) is -6.01. The number of carbonyl (C=O) groups is 18. The first kappa shape index (κ1) is 72.4. The van der Waals surface area contributed by atoms with Gasteiger partial charge in [0.1, 0.15) is 18.4 Å². The molecule has 3 aliphatic heterocycles. The van der Waals surface area contributed by atoms with E-state index >= 15 is 0 Å². The maximum absolute atomic E-state index is 13.4. The van der Waals surface area contributed by atoms with Crippen LogP contribution in [-0.2, 0) is 101 Å². The van der Waals surface area contributed by atoms with Crippen molar-refractivity contribution in [2.24, 2.45) is 0 Å². The highest BCUT2D eigenvalue weighted by Gasteiger charge is 2.50. The summed E-state index contributed by atoms with van der Waals surface area (Å²) in [5.41, 5.74) is 1.85. The highest BCUT2D eigenvalue weighted by Crippen LogP contribution is 2.26. The molecule has 3 unspecified atom stereocenters. The Morgan fingerprint density at radius 3 is 1.27 bits per heavy atom. The molecule has 0 saturated carbocycles. The Bertz CT molecular complexity index is 2540. The van der Waals surface area contributed by atoms with Crippen LogP contribution in [0.5, 0.6) is 0 Å². The van der Waals surface area contributed by atoms with E-state index in [9.17, 15) is 102 Å². The molecule has 3 fully saturated rings. The van der Waals surface area contributed by atoms with Crippen molar-refractivity contribution in [1.82, 2.24) is 37.4 Å². The van der Waals surface area contributed by atoms with Crippen molar-refractivity contribution in [2.75, 3.05) is 46.0 Å². The van der Waals surface area contributed by atoms with Gasteiger partial charge in [0, 0.05) is 64.7 Å². The van der Waals surface area contributed by atoms with Crippen molar-refractivity contribution < 1.29 is 115 Å². The average molecular weight is 1220 g/mol. The molecular formula is C52H74N10O24. The second-order valence-electron chi connectivity index (χ2n) is 20.2. The van der Waals surface area contributed by atoms with Gasteiger partial charge in [-0.25, -0.2) is 47.9 Å². The number of amides is 16. The van der Waals surface area contributed by atoms with E-state index in [1.807, 2.05) is 5.48 Å². The Labute approximate surface area is 492 Å². The van der Waals surface area contributed by atoms with Gasteiger partial charge in [0.05, 0.1) is 90.1 Å². The lowest BCUT2D eigenvalue weighted by molar-refractivity contribution is -0.642. The van der Waals surface area contributed by atoms with E-state index in [1.165, 1.54) is 0 Å². The number of ether oxygens (including phenoxy) is 2. The van der Waals surface area contributed by atoms with Crippen molar-refractivity contribution in [3.8, 4) is 0 Å². The van der Waals surface area contributed by atoms with Crippen LogP contribution in [0, 0.1) is 15.6 Å². The van der Waals surface area contributed by atoms with E-state index < -0.39 is 197 Å². The number of unbranched alkanes of at least 4 members (excludes halogenated alkanes) is 2. The zero-order valence-corrected chi connectivity index (χ0v) is 47.7. The molecule has 3 heterocycles. The second kappa shape index (κ2) is 36.2. The van der Waals surface area contributed by atoms with Gasteiger partial charge in [-0.15, -0.1) is 0 Å². The molecule has 3 rings (SSSR count). The fraction of sp³-hybridized carbons (Fsp3) is 0.654. The number of imide groups is 9. The van der Waals surface area contributed by atoms with Gasteiger partial charge in [-0.1, -0.05) is 0 Å². The minimum absolute atomic E-state index is 0.0106. The highest BCUT2D eigenvalue weighted by molar-refractivity contribution is 6.05. The Kier molecular flexibility index (Phi) is 30.5. The lowest BCUT2D eigenvalue weighted by Gasteiger charge is -2.29. The topological polar surface area (TPSA) is 488 Å². The summed E-state index contributed by atoms with van der Waals surface area (Å²) in [6, 6.07) is -2.36. The van der Waals surface area contributed by atoms with Gasteiger partial charge in [-0.05, 0) is 51.9 Å². The minimum atomic E-state index is -2.31. The van der Waals surface area contributed by atoms with Crippen molar-refractivity contribution in [3.05, 3.63) is 15.6 Å². The molecule has 7 N–H and O–H groups in total. The fourth-order valence-electron chi connectivity index (χ4n) is 8.63. The number of hydrogen-bond acceptors (Lipinski definition) is 24. The predicted octanol–water partition coefficient (Wildman–Crippen LogP) is -2.69. The smallest absolute Gasteiger partial charge is 0.332 e. The monoisotopic (exact) mass is 1220 g/mol. The zero-order valence-electron chi connectivity index (χ0n) is 47.7. The van der Waals surface area contributed by atoms with Gasteiger partial charge < -0.3 is 66.6 Å². The summed E-state index contributed by atoms with van der Waals surface area (Å²) in [4.78, 5) is 224. The van der Waals surface area contributed by atoms with Crippen molar-refractivity contribution >= 4 is 107 Å². The van der Waals surface area contributed by atoms with Gasteiger partial charge in [0.2, 0.25) is 35.4 Å². The SMILES string of the molecule is CC(CCNC(=O)C(CCCCNC(=O)CCC(=O)[N+]1([O-])C(=O)CCC1=O)NC(=O)CCC(=O)[N+]1([O-])C(=O)CCC1=O)OCCOCCNC(=O)C(CCCCNC(=O)CCC(=O)[N+]1([O-])C(=O)CCC1=O)NC(=O)CCC(=O)ONC(=O)CCC=O. The van der Waals surface area contributed by atoms with E-state index in [0.29, 0.717) is 6.29 Å². The number of carbonyl (C=O) groups excluding carboxylic acids is 18. The molecular weight excluding hydrogens is 1150 g/mol. The van der Waals surface area contributed by atoms with E-state index in [2.05, 4.69) is 36.7 Å². The molecule has 0 radical (unpaired) electrons. The van der Waals surface area contributed by atoms with E-state index in [4.69, 9.17) is 9.47 Å². The van der Waals surface area contributed by atoms with Crippen molar-refractivity contribution in [3.63, 3.8) is 0 Å². The summed E-state index contributed by atoms with van der Waals surface area (Å²) < 4.78 is 4.53. The standard InChI is InChI=1S/C52H74N10O24/c1-33(24-27-55-51(79)34(57-38(66)12-16-43(71)62(83)48(76)21-22-49(62)77)7-2-4-25-53-36(64)10-14-41(69)60(81)44(72)17-18-45(60)73)85-32-31-84-30-28-56-52(80)35(58-39(67)13-23-50(78)86-59-40(68)9-6-29-63)8-3-5-26-54-37(65)11-15-42(70)61(82)46(74)19-20-47(61)75/h29,33-35H,2-28,30-32H2,1H3,(H,53,64)(H,54,65)(H,55,79)(H,56,80)(H,57,66)(H,58,67)(H,59,68). The first-order valence-electron chi connectivity index (χ1n) is 28.1. The van der Waals surface area contributed by atoms with E-state index in [1.54, 1.807) is 6.92 Å². The summed E-state index contributed by atoms with van der Waals surface area (Å²) >= 11 is 0. The van der Waals surface area contributed by atoms with E-state index in [-0.39, 0.29) is 129 Å². The number of rotatable bonds is 39. The lowest BCUT2D eigenvalue weighted by Crippen LogP contribution is -2.52. The molecule has 34 nitrogen and oxygen atoms in total. The maximum atomic E-state index is 13.4. The van der Waals surface area contributed by atoms with Crippen LogP contribution in [0.4, 0.5) is 0 Å². The molecule has 3 saturated heterocycles. The van der Waals surface area contributed by atoms with Gasteiger partial charge in [0.25, 0.3) is 5.91 Å². The van der Waals surface area contributed by atoms with Crippen molar-refractivity contribution in [2.45, 2.75) is 173 Å². The van der Waals surface area contributed by atoms with Gasteiger partial charge in [-0.3, -0.25) is 33.6 Å². The number of hydrogen-bond donors (Lipinski definition) is 7. The van der Waals surface area contributed by atoms with Crippen molar-refractivity contribution in [1.29, 1.82) is 0 Å². The van der Waals surface area contributed by atoms with Gasteiger partial charge in [-0.2, -0.15) is 19.4 Å². The molecule has 0 aromatic heterocycles. The Hall–Kier alpha value is -7.86. The molecule has 0 aliphatic carbocycles. The number of aldehydes is 1. The molecule has 0 aromatic rings. The molecule has 34 heteroatoms. The van der Waals surface area contributed by atoms with Crippen LogP contribution < -0.4 is 37.4 Å². The molecule has 0 bridgehead atoms. The third-order valence-corrected chi connectivity index (χ3v) is 13.7. The highest BCUT2D eigenvalue weighted by atomic mass is 16.7. The van der Waals surface area contributed by atoms with Crippen LogP contribution in [0.3, 0.4) is 0 Å². The molecule has 476 valence electrons. The minimum Gasteiger partial charge on any atom is -0.610 e. The normalized spacial score (nSPS) is 16.7. The largest absolute Gasteiger partial charge is 0.610 e. The molecule has 16 amide bonds. The predicted molar refractivity (Wildman–Crippen MR) is 285 cm³/mol. The number of quaternary nitrogens is 3. The average Bonchev–Trinajstić information content (AvgIpc) is 1.99. The first-order chi connectivity index (χ1) is 40.7. The summed E-state index contributed by atoms with van der Waals surface area (Å²) in [5, 5.41) is 53.0. The van der Waals surface area contributed by atoms with Gasteiger partial charge >= 0.3 is 59.1 Å². The maximum Gasteiger partial charge on any atom is 0.332 e. The number of likely N-dealkylation sites (tertiary alicyclic amines) is 3. The van der Waals surface area contributed by atoms with Crippen LogP contribution >= 0.6 is 0 Å². The quantitative estimate of drug-likeness (QED) is 0.00823. The van der Waals surface area contributed by atoms with Crippen LogP contribution in [0.2, 0.25) is 0 Å².